The topological polar surface area (TPSA) is 24.7 Å². The molecule has 48 heavy (non-hydrogen) atoms. The summed E-state index contributed by atoms with van der Waals surface area (Å²) >= 11 is 0. The second kappa shape index (κ2) is 12.4. The molecule has 0 radical (unpaired) electrons. The van der Waals surface area contributed by atoms with Crippen molar-refractivity contribution in [3.8, 4) is 33.4 Å². The van der Waals surface area contributed by atoms with Crippen molar-refractivity contribution in [2.45, 2.75) is 45.1 Å². The maximum Gasteiger partial charge on any atom is 0.155 e. The summed E-state index contributed by atoms with van der Waals surface area (Å²) < 4.78 is 0. The van der Waals surface area contributed by atoms with E-state index in [1.807, 2.05) is 0 Å². The van der Waals surface area contributed by atoms with Gasteiger partial charge >= 0.3 is 0 Å². The van der Waals surface area contributed by atoms with Gasteiger partial charge in [-0.25, -0.2) is 4.99 Å². The number of hydrogen-bond donors (Lipinski definition) is 0. The van der Waals surface area contributed by atoms with E-state index in [1.54, 1.807) is 0 Å². The molecule has 0 N–H and O–H groups in total. The summed E-state index contributed by atoms with van der Waals surface area (Å²) in [6.45, 7) is 7.03. The fraction of sp³-hybridized carbons (Fsp3) is 0.174. The molecule has 0 saturated heterocycles. The third-order valence-corrected chi connectivity index (χ3v) is 10.4. The zero-order chi connectivity index (χ0) is 32.7. The number of benzene rings is 6. The van der Waals surface area contributed by atoms with Crippen molar-refractivity contribution in [3.05, 3.63) is 179 Å². The zero-order valence-electron chi connectivity index (χ0n) is 27.9. The quantitative estimate of drug-likeness (QED) is 0.183. The fourth-order valence-corrected chi connectivity index (χ4v) is 7.63. The molecule has 6 aromatic rings. The van der Waals surface area contributed by atoms with Crippen LogP contribution in [0.5, 0.6) is 0 Å². The summed E-state index contributed by atoms with van der Waals surface area (Å²) in [6.07, 6.45) is 1.93. The summed E-state index contributed by atoms with van der Waals surface area (Å²) in [7, 11) is 0. The normalized spacial score (nSPS) is 20.3. The Hall–Kier alpha value is -5.34. The van der Waals surface area contributed by atoms with E-state index < -0.39 is 0 Å². The van der Waals surface area contributed by atoms with Gasteiger partial charge in [-0.15, -0.1) is 0 Å². The molecule has 2 nitrogen and oxygen atoms in total. The summed E-state index contributed by atoms with van der Waals surface area (Å²) in [5.41, 5.74) is 15.0. The summed E-state index contributed by atoms with van der Waals surface area (Å²) in [4.78, 5) is 10.7. The van der Waals surface area contributed by atoms with Gasteiger partial charge in [0.1, 0.15) is 0 Å². The van der Waals surface area contributed by atoms with E-state index in [9.17, 15) is 0 Å². The van der Waals surface area contributed by atoms with Gasteiger partial charge < -0.3 is 0 Å². The molecule has 1 aliphatic heterocycles. The van der Waals surface area contributed by atoms with Gasteiger partial charge in [0.15, 0.2) is 5.84 Å². The van der Waals surface area contributed by atoms with Crippen LogP contribution in [0.4, 0.5) is 0 Å². The first-order valence-electron chi connectivity index (χ1n) is 17.2. The summed E-state index contributed by atoms with van der Waals surface area (Å²) in [5.74, 6) is 1.15. The highest BCUT2D eigenvalue weighted by atomic mass is 15.0. The van der Waals surface area contributed by atoms with Crippen molar-refractivity contribution in [3.63, 3.8) is 0 Å². The molecular weight excluding hydrogens is 581 g/mol. The molecule has 2 heteroatoms. The average molecular weight is 621 g/mol. The van der Waals surface area contributed by atoms with Crippen LogP contribution in [0, 0.1) is 5.92 Å². The second-order valence-corrected chi connectivity index (χ2v) is 13.8. The number of nitrogens with zero attached hydrogens (tertiary/aromatic N) is 2. The molecule has 2 atom stereocenters. The van der Waals surface area contributed by atoms with Crippen LogP contribution in [0.2, 0.25) is 0 Å². The van der Waals surface area contributed by atoms with Gasteiger partial charge in [-0.05, 0) is 92.6 Å². The van der Waals surface area contributed by atoms with E-state index in [2.05, 4.69) is 172 Å². The first-order valence-corrected chi connectivity index (χ1v) is 17.2. The predicted octanol–water partition coefficient (Wildman–Crippen LogP) is 11.7. The predicted molar refractivity (Wildman–Crippen MR) is 202 cm³/mol. The van der Waals surface area contributed by atoms with Crippen molar-refractivity contribution in [2.24, 2.45) is 15.9 Å². The van der Waals surface area contributed by atoms with E-state index in [0.29, 0.717) is 5.92 Å². The van der Waals surface area contributed by atoms with Crippen LogP contribution >= 0.6 is 0 Å². The second-order valence-electron chi connectivity index (χ2n) is 13.8. The SMILES string of the molecule is CC1CC/C(c2ccccc2)=N\C(c2ccccc2)=N/C1c1cccc(-c2cccc(-c3ccc4c(c3)C(C)(C)c3ccccc3-4)c2)c1. The molecule has 0 aromatic heterocycles. The van der Waals surface area contributed by atoms with E-state index in [0.717, 1.165) is 30.0 Å². The lowest BCUT2D eigenvalue weighted by atomic mass is 9.81. The van der Waals surface area contributed by atoms with Gasteiger partial charge in [-0.1, -0.05) is 154 Å². The highest BCUT2D eigenvalue weighted by Gasteiger charge is 2.35. The van der Waals surface area contributed by atoms with E-state index in [4.69, 9.17) is 9.98 Å². The number of aliphatic imine (C=N–C) groups is 2. The minimum atomic E-state index is -0.0206. The Morgan fingerprint density at radius 1 is 0.521 bits per heavy atom. The van der Waals surface area contributed by atoms with Gasteiger partial charge in [0, 0.05) is 11.0 Å². The maximum atomic E-state index is 5.43. The molecule has 2 unspecified atom stereocenters. The third kappa shape index (κ3) is 5.52. The Balaban J connectivity index is 1.16. The van der Waals surface area contributed by atoms with Crippen LogP contribution in [0.3, 0.4) is 0 Å². The number of rotatable bonds is 5. The molecule has 0 fully saturated rings. The lowest BCUT2D eigenvalue weighted by molar-refractivity contribution is 0.446. The first kappa shape index (κ1) is 30.0. The highest BCUT2D eigenvalue weighted by Crippen LogP contribution is 2.49. The fourth-order valence-electron chi connectivity index (χ4n) is 7.63. The van der Waals surface area contributed by atoms with Crippen molar-refractivity contribution >= 4 is 11.5 Å². The van der Waals surface area contributed by atoms with Crippen molar-refractivity contribution in [1.29, 1.82) is 0 Å². The molecule has 0 amide bonds. The van der Waals surface area contributed by atoms with Gasteiger partial charge in [-0.2, -0.15) is 0 Å². The van der Waals surface area contributed by atoms with Crippen molar-refractivity contribution < 1.29 is 0 Å². The minimum absolute atomic E-state index is 0.00462. The minimum Gasteiger partial charge on any atom is -0.258 e. The molecule has 8 rings (SSSR count). The number of fused-ring (bicyclic) bond motifs is 3. The largest absolute Gasteiger partial charge is 0.258 e. The third-order valence-electron chi connectivity index (χ3n) is 10.4. The van der Waals surface area contributed by atoms with E-state index in [-0.39, 0.29) is 11.5 Å². The molecule has 6 aromatic carbocycles. The van der Waals surface area contributed by atoms with Crippen LogP contribution in [-0.2, 0) is 5.41 Å². The van der Waals surface area contributed by atoms with Crippen molar-refractivity contribution in [2.75, 3.05) is 0 Å². The molecule has 234 valence electrons. The van der Waals surface area contributed by atoms with Crippen molar-refractivity contribution in [1.82, 2.24) is 0 Å². The van der Waals surface area contributed by atoms with Gasteiger partial charge in [0.05, 0.1) is 11.8 Å². The lowest BCUT2D eigenvalue weighted by Crippen LogP contribution is -2.18. The van der Waals surface area contributed by atoms with Crippen LogP contribution in [0.1, 0.15) is 67.5 Å². The molecule has 1 aliphatic carbocycles. The van der Waals surface area contributed by atoms with Crippen LogP contribution in [-0.4, -0.2) is 11.5 Å². The molecule has 0 spiro atoms. The average Bonchev–Trinajstić information content (AvgIpc) is 3.36. The van der Waals surface area contributed by atoms with Gasteiger partial charge in [0.2, 0.25) is 0 Å². The lowest BCUT2D eigenvalue weighted by Gasteiger charge is -2.25. The monoisotopic (exact) mass is 620 g/mol. The molecule has 1 heterocycles. The molecular formula is C46H40N2. The number of amidine groups is 1. The molecule has 2 aliphatic rings. The Morgan fingerprint density at radius 2 is 1.10 bits per heavy atom. The van der Waals surface area contributed by atoms with E-state index >= 15 is 0 Å². The Kier molecular flexibility index (Phi) is 7.73. The summed E-state index contributed by atoms with van der Waals surface area (Å²) in [5, 5.41) is 0. The number of hydrogen-bond acceptors (Lipinski definition) is 2. The zero-order valence-corrected chi connectivity index (χ0v) is 27.9. The maximum absolute atomic E-state index is 5.43. The Labute approximate surface area is 284 Å². The van der Waals surface area contributed by atoms with Gasteiger partial charge in [0.25, 0.3) is 0 Å². The first-order chi connectivity index (χ1) is 23.5. The van der Waals surface area contributed by atoms with Crippen LogP contribution < -0.4 is 0 Å². The van der Waals surface area contributed by atoms with Crippen LogP contribution in [0.25, 0.3) is 33.4 Å². The highest BCUT2D eigenvalue weighted by molar-refractivity contribution is 6.12. The van der Waals surface area contributed by atoms with E-state index in [1.165, 1.54) is 55.6 Å². The Morgan fingerprint density at radius 3 is 1.85 bits per heavy atom. The van der Waals surface area contributed by atoms with Gasteiger partial charge in [-0.3, -0.25) is 4.99 Å². The Bertz CT molecular complexity index is 2170. The smallest absolute Gasteiger partial charge is 0.155 e. The summed E-state index contributed by atoms with van der Waals surface area (Å²) in [6, 6.07) is 54.8. The molecule has 0 saturated carbocycles. The molecule has 0 bridgehead atoms. The standard InChI is InChI=1S/C46H40N2/c1-31-24-27-43(32-14-6-4-7-15-32)47-45(33-16-8-5-9-17-33)48-44(31)38-21-13-20-36(29-38)34-18-12-19-35(28-34)37-25-26-40-39-22-10-11-23-41(39)46(2,3)42(40)30-37/h4-23,25-26,28-31,44H,24,27H2,1-3H3/b47-43+,48-45-. The van der Waals surface area contributed by atoms with Crippen LogP contribution in [0.15, 0.2) is 162 Å².